The Morgan fingerprint density at radius 2 is 1.91 bits per heavy atom. The Morgan fingerprint density at radius 1 is 1.17 bits per heavy atom. The molecule has 4 rings (SSSR count). The molecule has 188 valence electrons. The van der Waals surface area contributed by atoms with Gasteiger partial charge in [0.15, 0.2) is 0 Å². The maximum Gasteiger partial charge on any atom is 0.337 e. The molecule has 35 heavy (non-hydrogen) atoms. The summed E-state index contributed by atoms with van der Waals surface area (Å²) in [6, 6.07) is 14.4. The minimum atomic E-state index is -0.644. The minimum absolute atomic E-state index is 0.00810. The number of methoxy groups -OCH3 is 1. The lowest BCUT2D eigenvalue weighted by atomic mass is 9.84. The summed E-state index contributed by atoms with van der Waals surface area (Å²) in [6.07, 6.45) is 3.14. The topological polar surface area (TPSA) is 77.1 Å². The number of hydrogen-bond donors (Lipinski definition) is 1. The number of esters is 1. The maximum absolute atomic E-state index is 13.8. The Labute approximate surface area is 211 Å². The van der Waals surface area contributed by atoms with Gasteiger partial charge in [-0.15, -0.1) is 0 Å². The van der Waals surface area contributed by atoms with E-state index in [-0.39, 0.29) is 24.0 Å². The Morgan fingerprint density at radius 3 is 2.60 bits per heavy atom. The molecule has 0 aromatic heterocycles. The van der Waals surface area contributed by atoms with Crippen molar-refractivity contribution in [3.8, 4) is 5.75 Å². The van der Waals surface area contributed by atoms with Crippen molar-refractivity contribution in [2.75, 3.05) is 33.4 Å². The molecule has 8 heteroatoms. The van der Waals surface area contributed by atoms with Crippen LogP contribution in [0.25, 0.3) is 0 Å². The standard InChI is InChI=1S/C27H33ClN2O5/c1-19(20-8-10-21(11-9-20)25(31)33-2)29-26(32)27(12-15-34-16-13-27)30-14-4-7-24(18-30)35-23-6-3-5-22(28)17-23/h3,5-6,8-11,17,19,24H,4,7,12-16,18H2,1-2H3,(H,29,32)/t19-,24+/m0/s1. The molecule has 2 aromatic rings. The van der Waals surface area contributed by atoms with E-state index >= 15 is 0 Å². The summed E-state index contributed by atoms with van der Waals surface area (Å²) >= 11 is 6.13. The lowest BCUT2D eigenvalue weighted by molar-refractivity contribution is -0.144. The van der Waals surface area contributed by atoms with Gasteiger partial charge in [0.25, 0.3) is 0 Å². The van der Waals surface area contributed by atoms with Gasteiger partial charge in [0.1, 0.15) is 17.4 Å². The fourth-order valence-corrected chi connectivity index (χ4v) is 5.17. The van der Waals surface area contributed by atoms with E-state index in [1.54, 1.807) is 12.1 Å². The molecule has 0 saturated carbocycles. The molecule has 0 bridgehead atoms. The zero-order valence-corrected chi connectivity index (χ0v) is 21.1. The number of nitrogens with zero attached hydrogens (tertiary/aromatic N) is 1. The van der Waals surface area contributed by atoms with Crippen LogP contribution in [0.5, 0.6) is 5.75 Å². The molecule has 0 radical (unpaired) electrons. The number of benzene rings is 2. The number of halogens is 1. The van der Waals surface area contributed by atoms with Crippen molar-refractivity contribution in [2.45, 2.75) is 50.3 Å². The van der Waals surface area contributed by atoms with Crippen molar-refractivity contribution in [1.29, 1.82) is 0 Å². The van der Waals surface area contributed by atoms with E-state index in [1.165, 1.54) is 7.11 Å². The van der Waals surface area contributed by atoms with Crippen LogP contribution in [0.1, 0.15) is 54.6 Å². The van der Waals surface area contributed by atoms with Crippen molar-refractivity contribution in [3.63, 3.8) is 0 Å². The zero-order chi connectivity index (χ0) is 24.8. The highest BCUT2D eigenvalue weighted by Crippen LogP contribution is 2.33. The van der Waals surface area contributed by atoms with Gasteiger partial charge in [0.05, 0.1) is 18.7 Å². The lowest BCUT2D eigenvalue weighted by Gasteiger charge is -2.48. The first-order valence-electron chi connectivity index (χ1n) is 12.2. The lowest BCUT2D eigenvalue weighted by Crippen LogP contribution is -2.64. The van der Waals surface area contributed by atoms with Crippen LogP contribution < -0.4 is 10.1 Å². The van der Waals surface area contributed by atoms with E-state index in [1.807, 2.05) is 43.3 Å². The predicted octanol–water partition coefficient (Wildman–Crippen LogP) is 4.40. The number of amides is 1. The van der Waals surface area contributed by atoms with E-state index in [4.69, 9.17) is 25.8 Å². The molecule has 2 fully saturated rings. The molecule has 2 aliphatic heterocycles. The Kier molecular flexibility index (Phi) is 8.31. The Bertz CT molecular complexity index is 1020. The molecule has 1 amide bonds. The van der Waals surface area contributed by atoms with Gasteiger partial charge in [-0.1, -0.05) is 29.8 Å². The first-order chi connectivity index (χ1) is 16.9. The fraction of sp³-hybridized carbons (Fsp3) is 0.481. The second kappa shape index (κ2) is 11.4. The van der Waals surface area contributed by atoms with Crippen LogP contribution >= 0.6 is 11.6 Å². The molecule has 7 nitrogen and oxygen atoms in total. The summed E-state index contributed by atoms with van der Waals surface area (Å²) in [4.78, 5) is 27.8. The number of piperidine rings is 1. The van der Waals surface area contributed by atoms with Crippen LogP contribution in [0.15, 0.2) is 48.5 Å². The second-order valence-electron chi connectivity index (χ2n) is 9.24. The van der Waals surface area contributed by atoms with Crippen LogP contribution in [0.4, 0.5) is 0 Å². The van der Waals surface area contributed by atoms with E-state index in [9.17, 15) is 9.59 Å². The van der Waals surface area contributed by atoms with Crippen molar-refractivity contribution in [2.24, 2.45) is 0 Å². The summed E-state index contributed by atoms with van der Waals surface area (Å²) in [5.41, 5.74) is 0.762. The van der Waals surface area contributed by atoms with E-state index < -0.39 is 5.54 Å². The Balaban J connectivity index is 1.47. The molecule has 0 spiro atoms. The molecular formula is C27H33ClN2O5. The van der Waals surface area contributed by atoms with Crippen LogP contribution in [-0.4, -0.2) is 61.8 Å². The van der Waals surface area contributed by atoms with E-state index in [0.717, 1.165) is 30.7 Å². The minimum Gasteiger partial charge on any atom is -0.489 e. The normalized spacial score (nSPS) is 21.1. The third-order valence-corrected chi connectivity index (χ3v) is 7.24. The van der Waals surface area contributed by atoms with Gasteiger partial charge in [-0.3, -0.25) is 9.69 Å². The number of ether oxygens (including phenoxy) is 3. The number of carbonyl (C=O) groups is 2. The van der Waals surface area contributed by atoms with Gasteiger partial charge >= 0.3 is 5.97 Å². The SMILES string of the molecule is COC(=O)c1ccc([C@H](C)NC(=O)C2(N3CCC[C@@H](Oc4cccc(Cl)c4)C3)CCOCC2)cc1. The Hall–Kier alpha value is -2.61. The fourth-order valence-electron chi connectivity index (χ4n) is 4.99. The number of rotatable bonds is 7. The summed E-state index contributed by atoms with van der Waals surface area (Å²) in [5, 5.41) is 3.87. The highest BCUT2D eigenvalue weighted by molar-refractivity contribution is 6.30. The summed E-state index contributed by atoms with van der Waals surface area (Å²) in [5.74, 6) is 0.377. The highest BCUT2D eigenvalue weighted by Gasteiger charge is 2.47. The average molecular weight is 501 g/mol. The number of likely N-dealkylation sites (tertiary alicyclic amines) is 1. The van der Waals surface area contributed by atoms with Crippen LogP contribution in [-0.2, 0) is 14.3 Å². The monoisotopic (exact) mass is 500 g/mol. The molecule has 0 unspecified atom stereocenters. The van der Waals surface area contributed by atoms with Gasteiger partial charge < -0.3 is 19.5 Å². The van der Waals surface area contributed by atoms with Crippen molar-refractivity contribution < 1.29 is 23.8 Å². The van der Waals surface area contributed by atoms with Gasteiger partial charge in [-0.25, -0.2) is 4.79 Å². The first-order valence-corrected chi connectivity index (χ1v) is 12.5. The van der Waals surface area contributed by atoms with Crippen LogP contribution in [0, 0.1) is 0 Å². The van der Waals surface area contributed by atoms with Crippen LogP contribution in [0.3, 0.4) is 0 Å². The number of carbonyl (C=O) groups excluding carboxylic acids is 2. The molecule has 2 aromatic carbocycles. The highest BCUT2D eigenvalue weighted by atomic mass is 35.5. The maximum atomic E-state index is 13.8. The first kappa shape index (κ1) is 25.5. The molecule has 2 heterocycles. The van der Waals surface area contributed by atoms with Gasteiger partial charge in [-0.05, 0) is 75.0 Å². The van der Waals surface area contributed by atoms with Gasteiger partial charge in [0, 0.05) is 24.8 Å². The molecular weight excluding hydrogens is 468 g/mol. The van der Waals surface area contributed by atoms with Crippen molar-refractivity contribution in [1.82, 2.24) is 10.2 Å². The number of hydrogen-bond acceptors (Lipinski definition) is 6. The second-order valence-corrected chi connectivity index (χ2v) is 9.67. The molecule has 2 aliphatic rings. The van der Waals surface area contributed by atoms with E-state index in [0.29, 0.717) is 43.2 Å². The zero-order valence-electron chi connectivity index (χ0n) is 20.3. The third-order valence-electron chi connectivity index (χ3n) is 7.00. The molecule has 2 saturated heterocycles. The third kappa shape index (κ3) is 5.97. The summed E-state index contributed by atoms with van der Waals surface area (Å²) < 4.78 is 16.7. The molecule has 1 N–H and O–H groups in total. The molecule has 2 atom stereocenters. The number of nitrogens with one attached hydrogen (secondary N) is 1. The smallest absolute Gasteiger partial charge is 0.337 e. The quantitative estimate of drug-likeness (QED) is 0.568. The summed E-state index contributed by atoms with van der Waals surface area (Å²) in [6.45, 7) is 4.56. The summed E-state index contributed by atoms with van der Waals surface area (Å²) in [7, 11) is 1.36. The van der Waals surface area contributed by atoms with Crippen molar-refractivity contribution >= 4 is 23.5 Å². The van der Waals surface area contributed by atoms with Crippen LogP contribution in [0.2, 0.25) is 5.02 Å². The van der Waals surface area contributed by atoms with Gasteiger partial charge in [-0.2, -0.15) is 0 Å². The van der Waals surface area contributed by atoms with Crippen molar-refractivity contribution in [3.05, 3.63) is 64.7 Å². The predicted molar refractivity (Wildman–Crippen MR) is 134 cm³/mol. The van der Waals surface area contributed by atoms with E-state index in [2.05, 4.69) is 10.2 Å². The van der Waals surface area contributed by atoms with Gasteiger partial charge in [0.2, 0.25) is 5.91 Å². The average Bonchev–Trinajstić information content (AvgIpc) is 2.89. The largest absolute Gasteiger partial charge is 0.489 e. The molecule has 0 aliphatic carbocycles.